The Morgan fingerprint density at radius 1 is 1.03 bits per heavy atom. The molecule has 0 fully saturated rings. The summed E-state index contributed by atoms with van der Waals surface area (Å²) in [6.45, 7) is 7.49. The predicted molar refractivity (Wildman–Crippen MR) is 129 cm³/mol. The molecule has 2 aromatic heterocycles. The fraction of sp³-hybridized carbons (Fsp3) is 0.269. The summed E-state index contributed by atoms with van der Waals surface area (Å²) in [7, 11) is 0. The molecule has 2 aromatic carbocycles. The lowest BCUT2D eigenvalue weighted by atomic mass is 10.1. The highest BCUT2D eigenvalue weighted by Gasteiger charge is 2.25. The van der Waals surface area contributed by atoms with E-state index in [4.69, 9.17) is 4.74 Å². The normalized spacial score (nSPS) is 13.4. The van der Waals surface area contributed by atoms with E-state index >= 15 is 0 Å². The van der Waals surface area contributed by atoms with Crippen molar-refractivity contribution in [3.63, 3.8) is 0 Å². The number of fused-ring (bicyclic) bond motifs is 1. The van der Waals surface area contributed by atoms with Crippen LogP contribution in [-0.4, -0.2) is 27.6 Å². The second-order valence-electron chi connectivity index (χ2n) is 8.67. The number of nitrogens with zero attached hydrogens (tertiary/aromatic N) is 4. The molecular weight excluding hydrogens is 398 g/mol. The fourth-order valence-corrected chi connectivity index (χ4v) is 4.22. The molecule has 0 spiro atoms. The van der Waals surface area contributed by atoms with Gasteiger partial charge in [0.25, 0.3) is 0 Å². The van der Waals surface area contributed by atoms with Crippen LogP contribution in [-0.2, 0) is 17.9 Å². The van der Waals surface area contributed by atoms with Gasteiger partial charge in [-0.3, -0.25) is 0 Å². The number of benzene rings is 2. The van der Waals surface area contributed by atoms with Gasteiger partial charge >= 0.3 is 0 Å². The number of anilines is 3. The largest absolute Gasteiger partial charge is 0.356 e. The molecular formula is C26H29N5O. The average Bonchev–Trinajstić information content (AvgIpc) is 3.45. The molecule has 164 valence electrons. The molecule has 4 aromatic rings. The third kappa shape index (κ3) is 4.27. The molecule has 5 rings (SSSR count). The van der Waals surface area contributed by atoms with E-state index in [0.717, 1.165) is 30.3 Å². The Hall–Kier alpha value is -3.51. The molecule has 1 aliphatic heterocycles. The van der Waals surface area contributed by atoms with E-state index in [9.17, 15) is 0 Å². The van der Waals surface area contributed by atoms with E-state index in [-0.39, 0.29) is 0 Å². The molecule has 1 aliphatic rings. The summed E-state index contributed by atoms with van der Waals surface area (Å²) in [5.41, 5.74) is 5.85. The maximum atomic E-state index is 5.97. The van der Waals surface area contributed by atoms with Gasteiger partial charge in [-0.05, 0) is 41.8 Å². The number of aromatic nitrogens is 3. The van der Waals surface area contributed by atoms with E-state index in [1.807, 2.05) is 23.0 Å². The molecule has 0 saturated carbocycles. The lowest BCUT2D eigenvalue weighted by Gasteiger charge is -2.30. The van der Waals surface area contributed by atoms with Gasteiger partial charge in [0, 0.05) is 42.9 Å². The van der Waals surface area contributed by atoms with Crippen molar-refractivity contribution in [2.75, 3.05) is 23.5 Å². The lowest BCUT2D eigenvalue weighted by Crippen LogP contribution is -2.33. The summed E-state index contributed by atoms with van der Waals surface area (Å²) in [4.78, 5) is 2.34. The van der Waals surface area contributed by atoms with Gasteiger partial charge in [0.05, 0.1) is 18.0 Å². The highest BCUT2D eigenvalue weighted by atomic mass is 16.5. The molecule has 3 heterocycles. The van der Waals surface area contributed by atoms with E-state index in [1.54, 1.807) is 6.20 Å². The minimum Gasteiger partial charge on any atom is -0.356 e. The van der Waals surface area contributed by atoms with Crippen molar-refractivity contribution in [2.45, 2.75) is 27.0 Å². The van der Waals surface area contributed by atoms with Crippen LogP contribution in [0.15, 0.2) is 79.3 Å². The van der Waals surface area contributed by atoms with Gasteiger partial charge in [0.2, 0.25) is 0 Å². The number of rotatable bonds is 7. The van der Waals surface area contributed by atoms with Gasteiger partial charge in [-0.15, -0.1) is 0 Å². The van der Waals surface area contributed by atoms with Crippen molar-refractivity contribution in [1.29, 1.82) is 0 Å². The second-order valence-corrected chi connectivity index (χ2v) is 8.67. The Bertz CT molecular complexity index is 1150. The van der Waals surface area contributed by atoms with Crippen LogP contribution < -0.4 is 10.2 Å². The first-order valence-electron chi connectivity index (χ1n) is 11.1. The Labute approximate surface area is 189 Å². The topological polar surface area (TPSA) is 47.2 Å². The second kappa shape index (κ2) is 8.93. The van der Waals surface area contributed by atoms with Crippen LogP contribution in [0.1, 0.15) is 25.0 Å². The number of ether oxygens (including phenoxy) is 1. The molecule has 0 bridgehead atoms. The van der Waals surface area contributed by atoms with Crippen LogP contribution >= 0.6 is 0 Å². The summed E-state index contributed by atoms with van der Waals surface area (Å²) >= 11 is 0. The lowest BCUT2D eigenvalue weighted by molar-refractivity contribution is 0.109. The van der Waals surface area contributed by atoms with Crippen LogP contribution in [0.5, 0.6) is 0 Å². The van der Waals surface area contributed by atoms with Gasteiger partial charge in [0.15, 0.2) is 0 Å². The summed E-state index contributed by atoms with van der Waals surface area (Å²) in [6, 6.07) is 20.8. The van der Waals surface area contributed by atoms with Crippen molar-refractivity contribution >= 4 is 17.2 Å². The Balaban J connectivity index is 1.48. The summed E-state index contributed by atoms with van der Waals surface area (Å²) < 4.78 is 10.2. The molecule has 0 radical (unpaired) electrons. The summed E-state index contributed by atoms with van der Waals surface area (Å²) in [6.07, 6.45) is 6.03. The van der Waals surface area contributed by atoms with Crippen LogP contribution in [0.4, 0.5) is 17.2 Å². The predicted octanol–water partition coefficient (Wildman–Crippen LogP) is 5.42. The molecule has 0 atom stereocenters. The zero-order chi connectivity index (χ0) is 21.9. The molecule has 0 unspecified atom stereocenters. The van der Waals surface area contributed by atoms with Gasteiger partial charge in [-0.25, -0.2) is 4.68 Å². The number of nitrogens with one attached hydrogen (secondary N) is 1. The van der Waals surface area contributed by atoms with E-state index < -0.39 is 0 Å². The highest BCUT2D eigenvalue weighted by Crippen LogP contribution is 2.36. The minimum atomic E-state index is 0.563. The van der Waals surface area contributed by atoms with Crippen LogP contribution in [0, 0.1) is 5.92 Å². The smallest absolute Gasteiger partial charge is 0.119 e. The maximum absolute atomic E-state index is 5.97. The Morgan fingerprint density at radius 2 is 1.84 bits per heavy atom. The van der Waals surface area contributed by atoms with E-state index in [1.165, 1.54) is 16.8 Å². The van der Waals surface area contributed by atoms with Crippen molar-refractivity contribution < 1.29 is 4.74 Å². The molecule has 0 saturated heterocycles. The third-order valence-corrected chi connectivity index (χ3v) is 5.67. The molecule has 0 amide bonds. The van der Waals surface area contributed by atoms with Crippen molar-refractivity contribution in [3.8, 4) is 5.69 Å². The first-order chi connectivity index (χ1) is 15.7. The highest BCUT2D eigenvalue weighted by molar-refractivity contribution is 5.71. The first-order valence-corrected chi connectivity index (χ1v) is 11.1. The van der Waals surface area contributed by atoms with Crippen molar-refractivity contribution in [3.05, 3.63) is 90.4 Å². The van der Waals surface area contributed by atoms with Gasteiger partial charge < -0.3 is 19.5 Å². The minimum absolute atomic E-state index is 0.563. The van der Waals surface area contributed by atoms with Gasteiger partial charge in [0.1, 0.15) is 12.5 Å². The quantitative estimate of drug-likeness (QED) is 0.428. The van der Waals surface area contributed by atoms with Gasteiger partial charge in [-0.1, -0.05) is 44.2 Å². The Kier molecular flexibility index (Phi) is 5.69. The number of para-hydroxylation sites is 1. The fourth-order valence-electron chi connectivity index (χ4n) is 4.22. The van der Waals surface area contributed by atoms with Gasteiger partial charge in [-0.2, -0.15) is 5.10 Å². The maximum Gasteiger partial charge on any atom is 0.119 e. The zero-order valence-corrected chi connectivity index (χ0v) is 18.6. The number of hydrogen-bond acceptors (Lipinski definition) is 4. The molecule has 32 heavy (non-hydrogen) atoms. The first kappa shape index (κ1) is 20.4. The van der Waals surface area contributed by atoms with Crippen LogP contribution in [0.3, 0.4) is 0 Å². The third-order valence-electron chi connectivity index (χ3n) is 5.67. The summed E-state index contributed by atoms with van der Waals surface area (Å²) in [5.74, 6) is 1.66. The standard InChI is InChI=1S/C26H29N5O/c1-20(2)15-30-19-32-18-24-25(30)17-29(26(24)28-22-7-4-3-5-8-22)16-21-9-11-23(12-10-21)31-14-6-13-27-31/h3-14,17,20,28H,15-16,18-19H2,1-2H3. The molecule has 1 N–H and O–H groups in total. The van der Waals surface area contributed by atoms with Crippen LogP contribution in [0.25, 0.3) is 5.69 Å². The average molecular weight is 428 g/mol. The summed E-state index contributed by atoms with van der Waals surface area (Å²) in [5, 5.41) is 7.97. The van der Waals surface area contributed by atoms with Crippen molar-refractivity contribution in [1.82, 2.24) is 14.3 Å². The van der Waals surface area contributed by atoms with E-state index in [2.05, 4.69) is 88.5 Å². The van der Waals surface area contributed by atoms with Crippen LogP contribution in [0.2, 0.25) is 0 Å². The molecule has 6 heteroatoms. The van der Waals surface area contributed by atoms with Crippen molar-refractivity contribution in [2.24, 2.45) is 5.92 Å². The van der Waals surface area contributed by atoms with E-state index in [0.29, 0.717) is 19.3 Å². The zero-order valence-electron chi connectivity index (χ0n) is 18.6. The molecule has 0 aliphatic carbocycles. The molecule has 6 nitrogen and oxygen atoms in total. The Morgan fingerprint density at radius 3 is 2.56 bits per heavy atom. The number of hydrogen-bond donors (Lipinski definition) is 1. The SMILES string of the molecule is CC(C)CN1COCc2c1cn(Cc1ccc(-n3cccn3)cc1)c2Nc1ccccc1. The monoisotopic (exact) mass is 427 g/mol.